The minimum absolute atomic E-state index is 0. The Hall–Kier alpha value is -3.19. The fraction of sp³-hybridized carbons (Fsp3) is 0.167. The normalized spacial score (nSPS) is 10.3. The third-order valence-corrected chi connectivity index (χ3v) is 3.38. The molecule has 7 heteroatoms. The van der Waals surface area contributed by atoms with Gasteiger partial charge in [0.25, 0.3) is 0 Å². The van der Waals surface area contributed by atoms with Crippen molar-refractivity contribution >= 4 is 33.6 Å². The summed E-state index contributed by atoms with van der Waals surface area (Å²) in [6.07, 6.45) is 8.24. The molecule has 0 aliphatic carbocycles. The minimum Gasteiger partial charge on any atom is -0.478 e. The maximum atomic E-state index is 9.55. The molecule has 0 spiro atoms. The van der Waals surface area contributed by atoms with E-state index in [2.05, 4.69) is 46.9 Å². The molecule has 5 N–H and O–H groups in total. The predicted octanol–water partition coefficient (Wildman–Crippen LogP) is 3.47. The molecule has 1 aromatic carbocycles. The second-order valence-corrected chi connectivity index (χ2v) is 5.12. The summed E-state index contributed by atoms with van der Waals surface area (Å²) in [6.45, 7) is 3.28. The van der Waals surface area contributed by atoms with Crippen LogP contribution in [-0.4, -0.2) is 31.7 Å². The first-order chi connectivity index (χ1) is 11.5. The number of carbonyl (C=O) groups is 2. The molecule has 0 unspecified atom stereocenters. The van der Waals surface area contributed by atoms with Crippen molar-refractivity contribution in [3.8, 4) is 0 Å². The number of nitrogens with zero attached hydrogens (tertiary/aromatic N) is 2. The van der Waals surface area contributed by atoms with Gasteiger partial charge in [-0.2, -0.15) is 0 Å². The van der Waals surface area contributed by atoms with Crippen LogP contribution < -0.4 is 6.15 Å². The number of pyridine rings is 1. The molecule has 2 aromatic heterocycles. The van der Waals surface area contributed by atoms with Crippen LogP contribution in [0, 0.1) is 0 Å². The molecule has 0 bridgehead atoms. The van der Waals surface area contributed by atoms with Gasteiger partial charge in [-0.05, 0) is 18.6 Å². The Morgan fingerprint density at radius 3 is 2.32 bits per heavy atom. The number of carboxylic acids is 2. The Morgan fingerprint density at radius 1 is 1.08 bits per heavy atom. The van der Waals surface area contributed by atoms with Gasteiger partial charge in [0.1, 0.15) is 0 Å². The van der Waals surface area contributed by atoms with Crippen molar-refractivity contribution in [1.82, 2.24) is 15.7 Å². The smallest absolute Gasteiger partial charge is 0.328 e. The number of carboxylic acid groups (broad SMARTS) is 2. The van der Waals surface area contributed by atoms with Crippen LogP contribution in [0.15, 0.2) is 55.0 Å². The number of aromatic nitrogens is 2. The third-order valence-electron chi connectivity index (χ3n) is 3.38. The summed E-state index contributed by atoms with van der Waals surface area (Å²) in [5, 5.41) is 19.4. The summed E-state index contributed by atoms with van der Waals surface area (Å²) in [6, 6.07) is 8.60. The van der Waals surface area contributed by atoms with Crippen molar-refractivity contribution in [1.29, 1.82) is 0 Å². The fourth-order valence-electron chi connectivity index (χ4n) is 2.44. The number of hydrogen-bond acceptors (Lipinski definition) is 4. The highest BCUT2D eigenvalue weighted by Gasteiger charge is 2.04. The summed E-state index contributed by atoms with van der Waals surface area (Å²) in [5.74, 6) is -2.51. The average Bonchev–Trinajstić information content (AvgIpc) is 2.97. The Morgan fingerprint density at radius 2 is 1.72 bits per heavy atom. The van der Waals surface area contributed by atoms with Crippen molar-refractivity contribution < 1.29 is 19.8 Å². The first kappa shape index (κ1) is 19.9. The quantitative estimate of drug-likeness (QED) is 0.622. The summed E-state index contributed by atoms with van der Waals surface area (Å²) in [7, 11) is 0. The molecule has 0 aliphatic rings. The van der Waals surface area contributed by atoms with Gasteiger partial charge in [0.15, 0.2) is 0 Å². The van der Waals surface area contributed by atoms with Crippen LogP contribution >= 0.6 is 0 Å². The van der Waals surface area contributed by atoms with Crippen LogP contribution in [-0.2, 0) is 16.1 Å². The lowest BCUT2D eigenvalue weighted by atomic mass is 10.1. The van der Waals surface area contributed by atoms with Gasteiger partial charge in [0.05, 0.1) is 5.52 Å². The van der Waals surface area contributed by atoms with Gasteiger partial charge < -0.3 is 20.9 Å². The number of aliphatic carboxylic acids is 2. The van der Waals surface area contributed by atoms with Gasteiger partial charge in [-0.3, -0.25) is 4.98 Å². The summed E-state index contributed by atoms with van der Waals surface area (Å²) in [5.41, 5.74) is 1.33. The van der Waals surface area contributed by atoms with Crippen molar-refractivity contribution in [2.45, 2.75) is 19.9 Å². The molecule has 0 atom stereocenters. The average molecular weight is 343 g/mol. The van der Waals surface area contributed by atoms with E-state index in [-0.39, 0.29) is 6.15 Å². The number of hydrogen-bond donors (Lipinski definition) is 3. The van der Waals surface area contributed by atoms with Gasteiger partial charge in [-0.15, -0.1) is 0 Å². The van der Waals surface area contributed by atoms with Crippen LogP contribution in [0.1, 0.15) is 13.3 Å². The van der Waals surface area contributed by atoms with Crippen molar-refractivity contribution in [2.75, 3.05) is 0 Å². The zero-order chi connectivity index (χ0) is 17.5. The molecule has 3 rings (SSSR count). The molecule has 0 fully saturated rings. The molecule has 0 radical (unpaired) electrons. The minimum atomic E-state index is -1.26. The SMILES string of the molecule is CCCn1ccc2ccc3cnccc3c21.N.O=C(O)C=CC(=O)O. The van der Waals surface area contributed by atoms with Gasteiger partial charge in [0.2, 0.25) is 0 Å². The Balaban J connectivity index is 0.000000301. The van der Waals surface area contributed by atoms with Crippen molar-refractivity contribution in [3.05, 3.63) is 55.0 Å². The zero-order valence-electron chi connectivity index (χ0n) is 13.9. The molecule has 3 aromatic rings. The summed E-state index contributed by atoms with van der Waals surface area (Å²) >= 11 is 0. The number of aryl methyl sites for hydroxylation is 1. The van der Waals surface area contributed by atoms with Gasteiger partial charge in [-0.25, -0.2) is 9.59 Å². The van der Waals surface area contributed by atoms with E-state index < -0.39 is 11.9 Å². The summed E-state index contributed by atoms with van der Waals surface area (Å²) < 4.78 is 2.33. The Kier molecular flexibility index (Phi) is 7.30. The van der Waals surface area contributed by atoms with E-state index in [0.717, 1.165) is 13.0 Å². The lowest BCUT2D eigenvalue weighted by Gasteiger charge is -2.06. The topological polar surface area (TPSA) is 127 Å². The van der Waals surface area contributed by atoms with Crippen LogP contribution in [0.4, 0.5) is 0 Å². The maximum Gasteiger partial charge on any atom is 0.328 e. The van der Waals surface area contributed by atoms with E-state index in [1.807, 2.05) is 12.4 Å². The molecular formula is C18H21N3O4. The maximum absolute atomic E-state index is 9.55. The zero-order valence-corrected chi connectivity index (χ0v) is 13.9. The standard InChI is InChI=1S/C14H14N2.C4H4O4.H3N/c1-2-8-16-9-6-11-3-4-12-10-15-7-5-13(12)14(11)16;5-3(6)1-2-4(7)8;/h3-7,9-10H,2,8H2,1H3;1-2H,(H,5,6)(H,7,8);1H3. The van der Waals surface area contributed by atoms with E-state index in [9.17, 15) is 9.59 Å². The van der Waals surface area contributed by atoms with Gasteiger partial charge in [0, 0.05) is 53.4 Å². The monoisotopic (exact) mass is 343 g/mol. The van der Waals surface area contributed by atoms with E-state index in [1.165, 1.54) is 21.7 Å². The van der Waals surface area contributed by atoms with E-state index >= 15 is 0 Å². The Labute approximate surface area is 144 Å². The van der Waals surface area contributed by atoms with Crippen LogP contribution in [0.5, 0.6) is 0 Å². The van der Waals surface area contributed by atoms with Crippen LogP contribution in [0.25, 0.3) is 21.7 Å². The molecule has 2 heterocycles. The lowest BCUT2D eigenvalue weighted by molar-refractivity contribution is -0.134. The number of rotatable bonds is 4. The van der Waals surface area contributed by atoms with Gasteiger partial charge >= 0.3 is 11.9 Å². The highest BCUT2D eigenvalue weighted by atomic mass is 16.4. The fourth-order valence-corrected chi connectivity index (χ4v) is 2.44. The molecule has 0 aliphatic heterocycles. The second-order valence-electron chi connectivity index (χ2n) is 5.12. The molecule has 25 heavy (non-hydrogen) atoms. The molecule has 132 valence electrons. The molecular weight excluding hydrogens is 322 g/mol. The van der Waals surface area contributed by atoms with E-state index in [0.29, 0.717) is 12.2 Å². The first-order valence-corrected chi connectivity index (χ1v) is 7.48. The van der Waals surface area contributed by atoms with Crippen molar-refractivity contribution in [3.63, 3.8) is 0 Å². The van der Waals surface area contributed by atoms with E-state index in [4.69, 9.17) is 10.2 Å². The highest BCUT2D eigenvalue weighted by Crippen LogP contribution is 2.25. The third kappa shape index (κ3) is 5.15. The van der Waals surface area contributed by atoms with Gasteiger partial charge in [-0.1, -0.05) is 19.1 Å². The predicted molar refractivity (Wildman–Crippen MR) is 97.0 cm³/mol. The van der Waals surface area contributed by atoms with E-state index in [1.54, 1.807) is 0 Å². The highest BCUT2D eigenvalue weighted by molar-refractivity contribution is 6.05. The van der Waals surface area contributed by atoms with Crippen LogP contribution in [0.3, 0.4) is 0 Å². The lowest BCUT2D eigenvalue weighted by Crippen LogP contribution is -1.94. The van der Waals surface area contributed by atoms with Crippen LogP contribution in [0.2, 0.25) is 0 Å². The molecule has 7 nitrogen and oxygen atoms in total. The molecule has 0 saturated carbocycles. The largest absolute Gasteiger partial charge is 0.478 e. The summed E-state index contributed by atoms with van der Waals surface area (Å²) in [4.78, 5) is 23.3. The number of benzene rings is 1. The number of fused-ring (bicyclic) bond motifs is 3. The van der Waals surface area contributed by atoms with Crippen molar-refractivity contribution in [2.24, 2.45) is 0 Å². The molecule has 0 amide bonds. The Bertz CT molecular complexity index is 884. The molecule has 0 saturated heterocycles. The second kappa shape index (κ2) is 9.19. The first-order valence-electron chi connectivity index (χ1n) is 7.48.